The zero-order chi connectivity index (χ0) is 35.0. The van der Waals surface area contributed by atoms with Crippen LogP contribution in [-0.4, -0.2) is 12.3 Å². The Hall–Kier alpha value is -2.40. The summed E-state index contributed by atoms with van der Waals surface area (Å²) in [5, 5.41) is 5.89. The summed E-state index contributed by atoms with van der Waals surface area (Å²) in [4.78, 5) is 0. The molecule has 0 aliphatic heterocycles. The fourth-order valence-corrected chi connectivity index (χ4v) is 8.80. The summed E-state index contributed by atoms with van der Waals surface area (Å²) < 4.78 is 60.0. The van der Waals surface area contributed by atoms with Gasteiger partial charge in [-0.1, -0.05) is 121 Å². The summed E-state index contributed by atoms with van der Waals surface area (Å²) in [6.07, 6.45) is 2.41. The second-order valence-electron chi connectivity index (χ2n) is 6.65. The third kappa shape index (κ3) is 29.5. The van der Waals surface area contributed by atoms with Gasteiger partial charge in [-0.25, -0.2) is 0 Å². The van der Waals surface area contributed by atoms with Crippen LogP contribution < -0.4 is 21.2 Å². The van der Waals surface area contributed by atoms with Crippen LogP contribution in [0, 0.1) is 53.2 Å². The van der Waals surface area contributed by atoms with Gasteiger partial charge in [-0.2, -0.15) is 0 Å². The number of rotatable bonds is 7. The molecule has 0 amide bonds. The molecule has 0 aromatic heterocycles. The van der Waals surface area contributed by atoms with E-state index in [1.807, 2.05) is 0 Å². The summed E-state index contributed by atoms with van der Waals surface area (Å²) in [6, 6.07) is 44.2. The number of hydrogen-bond acceptors (Lipinski definition) is 0. The molecule has 0 aliphatic carbocycles. The van der Waals surface area contributed by atoms with Crippen LogP contribution in [0.2, 0.25) is 0 Å². The minimum absolute atomic E-state index is 0. The Kier molecular flexibility index (Phi) is 75.4. The maximum absolute atomic E-state index is 7.50. The molecule has 0 N–H and O–H groups in total. The Bertz CT molecular complexity index is 1120. The van der Waals surface area contributed by atoms with Crippen LogP contribution in [0.4, 0.5) is 0 Å². The zero-order valence-electron chi connectivity index (χ0n) is 24.1. The molecule has 0 saturated carbocycles. The van der Waals surface area contributed by atoms with Gasteiger partial charge in [0.2, 0.25) is 0 Å². The van der Waals surface area contributed by atoms with Crippen LogP contribution in [0.15, 0.2) is 121 Å². The van der Waals surface area contributed by atoms with Crippen molar-refractivity contribution >= 4 is 37.1 Å². The van der Waals surface area contributed by atoms with Gasteiger partial charge < -0.3 is 0 Å². The first-order valence-corrected chi connectivity index (χ1v) is 14.4. The Balaban J connectivity index is -0.000000118. The van der Waals surface area contributed by atoms with E-state index >= 15 is 0 Å². The minimum atomic E-state index is -0.348. The molecule has 13 heteroatoms. The van der Waals surface area contributed by atoms with E-state index in [2.05, 4.69) is 175 Å². The van der Waals surface area contributed by atoms with Crippen molar-refractivity contribution in [3.63, 3.8) is 0 Å². The molecule has 0 unspecified atom stereocenters. The summed E-state index contributed by atoms with van der Waals surface area (Å²) in [7, 11) is -0.696. The molecule has 0 heterocycles. The van der Waals surface area contributed by atoms with Crippen molar-refractivity contribution in [3.05, 3.63) is 175 Å². The van der Waals surface area contributed by atoms with E-state index in [-0.39, 0.29) is 75.9 Å². The molecular formula is C34H24O8P2PtRu2. The third-order valence-electron chi connectivity index (χ3n) is 4.82. The minimum Gasteiger partial charge on any atom is -0.0622 e. The van der Waals surface area contributed by atoms with Crippen LogP contribution in [0.1, 0.15) is 0 Å². The molecular weight excluding hydrogens is 996 g/mol. The monoisotopic (exact) mass is 1020 g/mol. The Morgan fingerprint density at radius 3 is 0.553 bits per heavy atom. The predicted molar refractivity (Wildman–Crippen MR) is 159 cm³/mol. The van der Waals surface area contributed by atoms with Crippen molar-refractivity contribution in [2.75, 3.05) is 12.3 Å². The van der Waals surface area contributed by atoms with Crippen LogP contribution in [-0.2, 0) is 97.2 Å². The van der Waals surface area contributed by atoms with Gasteiger partial charge in [-0.3, -0.25) is 0 Å². The van der Waals surface area contributed by atoms with Crippen molar-refractivity contribution in [3.8, 4) is 0 Å². The van der Waals surface area contributed by atoms with Crippen molar-refractivity contribution in [1.29, 1.82) is 0 Å². The molecule has 0 radical (unpaired) electrons. The largest absolute Gasteiger partial charge is 0.0622 e. The van der Waals surface area contributed by atoms with Gasteiger partial charge in [-0.15, -0.1) is 0 Å². The molecule has 0 bridgehead atoms. The van der Waals surface area contributed by atoms with E-state index in [1.54, 1.807) is 0 Å². The standard InChI is InChI=1S/C26H24P2.8CO.Pt.2Ru/c1-5-13-23(14-6-1)27(24-15-7-2-8-16-24)21-22-28(25-17-9-3-10-18-25)26-19-11-4-12-20-26;8*1-2;;;/h1-20H,21-22H2;;;;;;;;;;;. The van der Waals surface area contributed by atoms with Gasteiger partial charge in [0, 0.05) is 60.0 Å². The zero-order valence-corrected chi connectivity index (χ0v) is 31.7. The maximum Gasteiger partial charge on any atom is 0 e. The molecule has 0 atom stereocenters. The quantitative estimate of drug-likeness (QED) is 0.106. The Morgan fingerprint density at radius 1 is 0.298 bits per heavy atom. The SMILES string of the molecule is [C-]#[O+].[C-]#[O+].[C-]#[O+].[C-]#[O+].[C-]#[O+].[C-]#[O+].[C-]#[O+].[C-]#[O+].[Pt].[Ru].[Ru].c1ccc(P(CCP(c2ccccc2)c2ccccc2)c2ccccc2)cc1. The molecule has 0 saturated heterocycles. The van der Waals surface area contributed by atoms with Crippen molar-refractivity contribution in [2.24, 2.45) is 0 Å². The summed E-state index contributed by atoms with van der Waals surface area (Å²) in [6.45, 7) is 36.0. The van der Waals surface area contributed by atoms with Crippen LogP contribution >= 0.6 is 15.8 Å². The molecule has 244 valence electrons. The molecule has 0 fully saturated rings. The van der Waals surface area contributed by atoms with Gasteiger partial charge in [0.15, 0.2) is 0 Å². The van der Waals surface area contributed by atoms with Crippen molar-refractivity contribution in [1.82, 2.24) is 0 Å². The molecule has 0 spiro atoms. The second kappa shape index (κ2) is 56.0. The van der Waals surface area contributed by atoms with Crippen LogP contribution in [0.3, 0.4) is 0 Å². The first-order chi connectivity index (χ1) is 21.9. The van der Waals surface area contributed by atoms with Crippen molar-refractivity contribution in [2.45, 2.75) is 0 Å². The molecule has 47 heavy (non-hydrogen) atoms. The average Bonchev–Trinajstić information content (AvgIpc) is 3.18. The first-order valence-electron chi connectivity index (χ1n) is 11.3. The summed E-state index contributed by atoms with van der Waals surface area (Å²) in [5.41, 5.74) is 0. The first kappa shape index (κ1) is 63.3. The Morgan fingerprint density at radius 2 is 0.426 bits per heavy atom. The summed E-state index contributed by atoms with van der Waals surface area (Å²) >= 11 is 0. The normalized spacial score (nSPS) is 6.94. The molecule has 4 aromatic carbocycles. The average molecular weight is 1020 g/mol. The molecule has 4 aromatic rings. The fraction of sp³-hybridized carbons (Fsp3) is 0.0588. The van der Waals surface area contributed by atoms with Crippen LogP contribution in [0.5, 0.6) is 0 Å². The van der Waals surface area contributed by atoms with E-state index in [0.29, 0.717) is 0 Å². The smallest absolute Gasteiger partial charge is 0 e. The van der Waals surface area contributed by atoms with E-state index in [1.165, 1.54) is 33.5 Å². The van der Waals surface area contributed by atoms with E-state index in [0.717, 1.165) is 0 Å². The third-order valence-corrected chi connectivity index (χ3v) is 10.2. The van der Waals surface area contributed by atoms with Crippen molar-refractivity contribution < 1.29 is 97.2 Å². The number of benzene rings is 4. The van der Waals surface area contributed by atoms with Gasteiger partial charge in [0.1, 0.15) is 0 Å². The summed E-state index contributed by atoms with van der Waals surface area (Å²) in [5.74, 6) is 0. The van der Waals surface area contributed by atoms with Gasteiger partial charge >= 0.3 is 90.4 Å². The topological polar surface area (TPSA) is 159 Å². The van der Waals surface area contributed by atoms with Gasteiger partial charge in [0.25, 0.3) is 0 Å². The van der Waals surface area contributed by atoms with Gasteiger partial charge in [-0.05, 0) is 49.4 Å². The molecule has 4 rings (SSSR count). The Labute approximate surface area is 318 Å². The van der Waals surface area contributed by atoms with Crippen LogP contribution in [0.25, 0.3) is 0 Å². The van der Waals surface area contributed by atoms with E-state index in [9.17, 15) is 0 Å². The number of hydrogen-bond donors (Lipinski definition) is 0. The maximum atomic E-state index is 7.50. The predicted octanol–water partition coefficient (Wildman–Crippen LogP) is 4.94. The fourth-order valence-electron chi connectivity index (χ4n) is 3.45. The van der Waals surface area contributed by atoms with Gasteiger partial charge in [0.05, 0.1) is 0 Å². The molecule has 0 aliphatic rings. The van der Waals surface area contributed by atoms with E-state index in [4.69, 9.17) is 37.2 Å². The second-order valence-corrected chi connectivity index (χ2v) is 11.3. The van der Waals surface area contributed by atoms with E-state index < -0.39 is 0 Å². The molecule has 8 nitrogen and oxygen atoms in total.